The highest BCUT2D eigenvalue weighted by atomic mass is 19.3. The summed E-state index contributed by atoms with van der Waals surface area (Å²) in [5.41, 5.74) is 0.928. The van der Waals surface area contributed by atoms with Gasteiger partial charge in [0.25, 0.3) is 5.92 Å². The molecule has 0 unspecified atom stereocenters. The minimum absolute atomic E-state index is 0.142. The largest absolute Gasteiger partial charge is 0.273 e. The Morgan fingerprint density at radius 3 is 2.29 bits per heavy atom. The monoisotopic (exact) mass is 198 g/mol. The molecule has 14 heavy (non-hydrogen) atoms. The molecule has 0 aromatic heterocycles. The van der Waals surface area contributed by atoms with Crippen LogP contribution in [0.5, 0.6) is 0 Å². The van der Waals surface area contributed by atoms with Gasteiger partial charge in [-0.25, -0.2) is 8.78 Å². The Morgan fingerprint density at radius 2 is 1.79 bits per heavy atom. The summed E-state index contributed by atoms with van der Waals surface area (Å²) >= 11 is 0. The van der Waals surface area contributed by atoms with Crippen LogP contribution in [-0.4, -0.2) is 0 Å². The summed E-state index contributed by atoms with van der Waals surface area (Å²) in [6.07, 6.45) is -0.142. The van der Waals surface area contributed by atoms with E-state index in [4.69, 9.17) is 0 Å². The van der Waals surface area contributed by atoms with Gasteiger partial charge < -0.3 is 0 Å². The molecular weight excluding hydrogens is 182 g/mol. The molecule has 1 aromatic rings. The number of hydrogen-bond acceptors (Lipinski definition) is 0. The summed E-state index contributed by atoms with van der Waals surface area (Å²) in [4.78, 5) is 0. The predicted molar refractivity (Wildman–Crippen MR) is 54.7 cm³/mol. The van der Waals surface area contributed by atoms with E-state index in [-0.39, 0.29) is 17.9 Å². The highest BCUT2D eigenvalue weighted by Crippen LogP contribution is 2.36. The Kier molecular flexibility index (Phi) is 3.25. The topological polar surface area (TPSA) is 0 Å². The number of rotatable bonds is 3. The summed E-state index contributed by atoms with van der Waals surface area (Å²) in [5.74, 6) is -2.55. The normalized spacial score (nSPS) is 12.1. The number of halogens is 2. The first-order chi connectivity index (χ1) is 6.49. The van der Waals surface area contributed by atoms with Crippen LogP contribution in [0.1, 0.15) is 44.2 Å². The van der Waals surface area contributed by atoms with Crippen molar-refractivity contribution in [2.45, 2.75) is 39.0 Å². The van der Waals surface area contributed by atoms with E-state index in [0.29, 0.717) is 0 Å². The van der Waals surface area contributed by atoms with Crippen LogP contribution in [0.3, 0.4) is 0 Å². The zero-order valence-corrected chi connectivity index (χ0v) is 8.85. The van der Waals surface area contributed by atoms with Crippen molar-refractivity contribution in [2.75, 3.05) is 0 Å². The molecule has 1 aromatic carbocycles. The Hall–Kier alpha value is -0.920. The fourth-order valence-corrected chi connectivity index (χ4v) is 1.52. The first kappa shape index (κ1) is 11.2. The van der Waals surface area contributed by atoms with Crippen LogP contribution in [0, 0.1) is 0 Å². The van der Waals surface area contributed by atoms with Crippen LogP contribution in [0.4, 0.5) is 8.78 Å². The molecule has 0 amide bonds. The molecule has 0 aliphatic rings. The molecule has 0 heterocycles. The van der Waals surface area contributed by atoms with Crippen molar-refractivity contribution in [2.24, 2.45) is 0 Å². The first-order valence-electron chi connectivity index (χ1n) is 4.96. The molecule has 0 aliphatic heterocycles. The quantitative estimate of drug-likeness (QED) is 0.678. The Bertz CT molecular complexity index is 303. The van der Waals surface area contributed by atoms with Crippen molar-refractivity contribution in [1.82, 2.24) is 0 Å². The SMILES string of the molecule is CCC(F)(F)c1ccccc1C(C)C. The van der Waals surface area contributed by atoms with Gasteiger partial charge >= 0.3 is 0 Å². The zero-order chi connectivity index (χ0) is 10.8. The molecule has 0 aliphatic carbocycles. The van der Waals surface area contributed by atoms with Crippen molar-refractivity contribution >= 4 is 0 Å². The predicted octanol–water partition coefficient (Wildman–Crippen LogP) is 4.31. The lowest BCUT2D eigenvalue weighted by Gasteiger charge is -2.20. The van der Waals surface area contributed by atoms with E-state index in [0.717, 1.165) is 5.56 Å². The lowest BCUT2D eigenvalue weighted by molar-refractivity contribution is -0.00936. The van der Waals surface area contributed by atoms with Crippen molar-refractivity contribution in [3.63, 3.8) is 0 Å². The summed E-state index contributed by atoms with van der Waals surface area (Å²) in [6, 6.07) is 6.79. The molecule has 0 bridgehead atoms. The van der Waals surface area contributed by atoms with E-state index in [9.17, 15) is 8.78 Å². The molecule has 1 rings (SSSR count). The second kappa shape index (κ2) is 4.07. The molecule has 0 spiro atoms. The highest BCUT2D eigenvalue weighted by Gasteiger charge is 2.31. The van der Waals surface area contributed by atoms with Gasteiger partial charge in [0.15, 0.2) is 0 Å². The molecule has 0 nitrogen and oxygen atoms in total. The van der Waals surface area contributed by atoms with Crippen LogP contribution in [0.25, 0.3) is 0 Å². The lowest BCUT2D eigenvalue weighted by atomic mass is 9.92. The highest BCUT2D eigenvalue weighted by molar-refractivity contribution is 5.33. The minimum Gasteiger partial charge on any atom is -0.201 e. The van der Waals surface area contributed by atoms with Gasteiger partial charge in [0.1, 0.15) is 0 Å². The van der Waals surface area contributed by atoms with E-state index in [1.807, 2.05) is 19.9 Å². The second-order valence-corrected chi connectivity index (χ2v) is 3.80. The maximum atomic E-state index is 13.5. The molecule has 78 valence electrons. The van der Waals surface area contributed by atoms with Gasteiger partial charge in [-0.1, -0.05) is 45.0 Å². The van der Waals surface area contributed by atoms with Gasteiger partial charge in [-0.3, -0.25) is 0 Å². The van der Waals surface area contributed by atoms with Gasteiger partial charge in [-0.15, -0.1) is 0 Å². The molecular formula is C12H16F2. The molecule has 0 saturated carbocycles. The van der Waals surface area contributed by atoms with E-state index in [2.05, 4.69) is 0 Å². The first-order valence-corrected chi connectivity index (χ1v) is 4.96. The third-order valence-electron chi connectivity index (χ3n) is 2.42. The maximum absolute atomic E-state index is 13.5. The molecule has 0 atom stereocenters. The average Bonchev–Trinajstić information content (AvgIpc) is 2.18. The van der Waals surface area contributed by atoms with Crippen molar-refractivity contribution < 1.29 is 8.78 Å². The van der Waals surface area contributed by atoms with Crippen LogP contribution in [0.2, 0.25) is 0 Å². The summed E-state index contributed by atoms with van der Waals surface area (Å²) in [5, 5.41) is 0. The van der Waals surface area contributed by atoms with E-state index < -0.39 is 5.92 Å². The summed E-state index contributed by atoms with van der Waals surface area (Å²) in [6.45, 7) is 5.38. The van der Waals surface area contributed by atoms with Gasteiger partial charge in [-0.05, 0) is 11.5 Å². The number of alkyl halides is 2. The third kappa shape index (κ3) is 2.11. The van der Waals surface area contributed by atoms with Crippen LogP contribution >= 0.6 is 0 Å². The molecule has 2 heteroatoms. The number of hydrogen-bond donors (Lipinski definition) is 0. The van der Waals surface area contributed by atoms with Crippen LogP contribution in [0.15, 0.2) is 24.3 Å². The Morgan fingerprint density at radius 1 is 1.21 bits per heavy atom. The van der Waals surface area contributed by atoms with Crippen LogP contribution in [-0.2, 0) is 5.92 Å². The minimum atomic E-state index is -2.69. The Labute approximate surface area is 84.0 Å². The fraction of sp³-hybridized carbons (Fsp3) is 0.500. The van der Waals surface area contributed by atoms with E-state index >= 15 is 0 Å². The van der Waals surface area contributed by atoms with E-state index in [1.54, 1.807) is 12.1 Å². The lowest BCUT2D eigenvalue weighted by Crippen LogP contribution is -2.14. The zero-order valence-electron chi connectivity index (χ0n) is 8.85. The molecule has 0 saturated heterocycles. The summed E-state index contributed by atoms with van der Waals surface area (Å²) in [7, 11) is 0. The van der Waals surface area contributed by atoms with Crippen molar-refractivity contribution in [3.05, 3.63) is 35.4 Å². The van der Waals surface area contributed by atoms with Crippen LogP contribution < -0.4 is 0 Å². The standard InChI is InChI=1S/C12H16F2/c1-4-12(13,14)11-8-6-5-7-10(11)9(2)3/h5-9H,4H2,1-3H3. The molecule has 0 N–H and O–H groups in total. The average molecular weight is 198 g/mol. The van der Waals surface area contributed by atoms with Crippen molar-refractivity contribution in [3.8, 4) is 0 Å². The van der Waals surface area contributed by atoms with Gasteiger partial charge in [0.2, 0.25) is 0 Å². The second-order valence-electron chi connectivity index (χ2n) is 3.80. The fourth-order valence-electron chi connectivity index (χ4n) is 1.52. The summed E-state index contributed by atoms with van der Waals surface area (Å²) < 4.78 is 27.0. The smallest absolute Gasteiger partial charge is 0.201 e. The van der Waals surface area contributed by atoms with Crippen molar-refractivity contribution in [1.29, 1.82) is 0 Å². The Balaban J connectivity index is 3.20. The van der Waals surface area contributed by atoms with Gasteiger partial charge in [0, 0.05) is 12.0 Å². The van der Waals surface area contributed by atoms with Gasteiger partial charge in [-0.2, -0.15) is 0 Å². The maximum Gasteiger partial charge on any atom is 0.273 e. The number of benzene rings is 1. The van der Waals surface area contributed by atoms with Gasteiger partial charge in [0.05, 0.1) is 0 Å². The molecule has 0 fully saturated rings. The molecule has 0 radical (unpaired) electrons. The third-order valence-corrected chi connectivity index (χ3v) is 2.42. The van der Waals surface area contributed by atoms with E-state index in [1.165, 1.54) is 13.0 Å².